The third kappa shape index (κ3) is 7.67. The predicted octanol–water partition coefficient (Wildman–Crippen LogP) is 3.00. The lowest BCUT2D eigenvalue weighted by molar-refractivity contribution is -0.119. The Morgan fingerprint density at radius 2 is 1.68 bits per heavy atom. The molecule has 0 heterocycles. The van der Waals surface area contributed by atoms with Crippen LogP contribution in [0.4, 0.5) is 11.4 Å². The minimum Gasteiger partial charge on any atom is -0.376 e. The molecule has 0 saturated heterocycles. The largest absolute Gasteiger partial charge is 0.376 e. The molecule has 122 valence electrons. The van der Waals surface area contributed by atoms with Gasteiger partial charge in [-0.2, -0.15) is 0 Å². The first-order valence-corrected chi connectivity index (χ1v) is 7.91. The first-order valence-electron chi connectivity index (χ1n) is 7.91. The van der Waals surface area contributed by atoms with Crippen molar-refractivity contribution < 1.29 is 9.59 Å². The van der Waals surface area contributed by atoms with E-state index in [1.54, 1.807) is 0 Å². The molecule has 3 N–H and O–H groups in total. The van der Waals surface area contributed by atoms with Gasteiger partial charge in [0.15, 0.2) is 0 Å². The predicted molar refractivity (Wildman–Crippen MR) is 90.9 cm³/mol. The number of nitrogens with one attached hydrogen (secondary N) is 3. The molecule has 1 rings (SSSR count). The van der Waals surface area contributed by atoms with Crippen molar-refractivity contribution in [3.05, 3.63) is 24.3 Å². The molecule has 5 heteroatoms. The fraction of sp³-hybridized carbons (Fsp3) is 0.529. The summed E-state index contributed by atoms with van der Waals surface area (Å²) < 4.78 is 0. The van der Waals surface area contributed by atoms with Crippen LogP contribution < -0.4 is 16.0 Å². The third-order valence-electron chi connectivity index (χ3n) is 3.07. The molecule has 0 spiro atoms. The van der Waals surface area contributed by atoms with Crippen molar-refractivity contribution in [3.63, 3.8) is 0 Å². The number of carbonyl (C=O) groups excluding carboxylic acids is 2. The maximum absolute atomic E-state index is 11.7. The smallest absolute Gasteiger partial charge is 0.239 e. The molecule has 22 heavy (non-hydrogen) atoms. The molecule has 2 amide bonds. The first kappa shape index (κ1) is 18.0. The van der Waals surface area contributed by atoms with Gasteiger partial charge in [-0.25, -0.2) is 0 Å². The Morgan fingerprint density at radius 3 is 2.27 bits per heavy atom. The SMILES string of the molecule is CCCCNC(=O)CNc1ccc(NC(=O)CC(C)C)cc1. The van der Waals surface area contributed by atoms with E-state index in [1.165, 1.54) is 0 Å². The molecule has 0 bridgehead atoms. The number of carbonyl (C=O) groups is 2. The molecule has 0 saturated carbocycles. The fourth-order valence-corrected chi connectivity index (χ4v) is 1.90. The standard InChI is InChI=1S/C17H27N3O2/c1-4-5-10-18-17(22)12-19-14-6-8-15(9-7-14)20-16(21)11-13(2)3/h6-9,13,19H,4-5,10-12H2,1-3H3,(H,18,22)(H,20,21). The van der Waals surface area contributed by atoms with Crippen LogP contribution in [-0.2, 0) is 9.59 Å². The van der Waals surface area contributed by atoms with E-state index in [0.717, 1.165) is 30.8 Å². The van der Waals surface area contributed by atoms with Gasteiger partial charge in [-0.3, -0.25) is 9.59 Å². The van der Waals surface area contributed by atoms with Crippen molar-refractivity contribution in [2.45, 2.75) is 40.0 Å². The van der Waals surface area contributed by atoms with Gasteiger partial charge < -0.3 is 16.0 Å². The number of anilines is 2. The van der Waals surface area contributed by atoms with Crippen LogP contribution in [0.3, 0.4) is 0 Å². The van der Waals surface area contributed by atoms with E-state index in [2.05, 4.69) is 22.9 Å². The second-order valence-corrected chi connectivity index (χ2v) is 5.78. The van der Waals surface area contributed by atoms with Gasteiger partial charge >= 0.3 is 0 Å². The number of unbranched alkanes of at least 4 members (excludes halogenated alkanes) is 1. The number of rotatable bonds is 9. The van der Waals surface area contributed by atoms with Crippen molar-refractivity contribution in [1.29, 1.82) is 0 Å². The maximum atomic E-state index is 11.7. The second-order valence-electron chi connectivity index (χ2n) is 5.78. The highest BCUT2D eigenvalue weighted by atomic mass is 16.2. The van der Waals surface area contributed by atoms with Crippen molar-refractivity contribution in [2.24, 2.45) is 5.92 Å². The lowest BCUT2D eigenvalue weighted by atomic mass is 10.1. The van der Waals surface area contributed by atoms with Gasteiger partial charge in [0, 0.05) is 24.3 Å². The summed E-state index contributed by atoms with van der Waals surface area (Å²) in [4.78, 5) is 23.2. The van der Waals surface area contributed by atoms with Crippen LogP contribution in [0.25, 0.3) is 0 Å². The molecular formula is C17H27N3O2. The van der Waals surface area contributed by atoms with Crippen molar-refractivity contribution in [1.82, 2.24) is 5.32 Å². The van der Waals surface area contributed by atoms with Crippen LogP contribution >= 0.6 is 0 Å². The Labute approximate surface area is 132 Å². The molecule has 0 aromatic heterocycles. The molecule has 0 aliphatic heterocycles. The summed E-state index contributed by atoms with van der Waals surface area (Å²) in [5, 5.41) is 8.76. The molecule has 0 unspecified atom stereocenters. The van der Waals surface area contributed by atoms with Crippen LogP contribution in [0.5, 0.6) is 0 Å². The van der Waals surface area contributed by atoms with Crippen LogP contribution in [-0.4, -0.2) is 24.9 Å². The summed E-state index contributed by atoms with van der Waals surface area (Å²) in [6.07, 6.45) is 2.58. The first-order chi connectivity index (χ1) is 10.5. The third-order valence-corrected chi connectivity index (χ3v) is 3.07. The summed E-state index contributed by atoms with van der Waals surface area (Å²) in [6, 6.07) is 7.36. The van der Waals surface area contributed by atoms with Gasteiger partial charge in [0.1, 0.15) is 0 Å². The summed E-state index contributed by atoms with van der Waals surface area (Å²) >= 11 is 0. The molecule has 5 nitrogen and oxygen atoms in total. The highest BCUT2D eigenvalue weighted by Crippen LogP contribution is 2.14. The molecule has 1 aromatic rings. The molecule has 1 aromatic carbocycles. The molecule has 0 aliphatic carbocycles. The zero-order chi connectivity index (χ0) is 16.4. The highest BCUT2D eigenvalue weighted by molar-refractivity contribution is 5.91. The Morgan fingerprint density at radius 1 is 1.05 bits per heavy atom. The van der Waals surface area contributed by atoms with Gasteiger partial charge in [-0.1, -0.05) is 27.2 Å². The zero-order valence-corrected chi connectivity index (χ0v) is 13.7. The van der Waals surface area contributed by atoms with E-state index in [0.29, 0.717) is 12.3 Å². The summed E-state index contributed by atoms with van der Waals surface area (Å²) in [5.74, 6) is 0.348. The van der Waals surface area contributed by atoms with E-state index in [9.17, 15) is 9.59 Å². The van der Waals surface area contributed by atoms with E-state index in [4.69, 9.17) is 0 Å². The van der Waals surface area contributed by atoms with Crippen molar-refractivity contribution in [2.75, 3.05) is 23.7 Å². The van der Waals surface area contributed by atoms with E-state index in [1.807, 2.05) is 38.1 Å². The monoisotopic (exact) mass is 305 g/mol. The van der Waals surface area contributed by atoms with E-state index >= 15 is 0 Å². The van der Waals surface area contributed by atoms with Gasteiger partial charge in [0.2, 0.25) is 11.8 Å². The Bertz CT molecular complexity index is 469. The molecule has 0 aliphatic rings. The highest BCUT2D eigenvalue weighted by Gasteiger charge is 2.05. The van der Waals surface area contributed by atoms with Gasteiger partial charge in [-0.15, -0.1) is 0 Å². The number of hydrogen-bond donors (Lipinski definition) is 3. The Kier molecular flexibility index (Phi) is 8.04. The maximum Gasteiger partial charge on any atom is 0.239 e. The minimum atomic E-state index is -0.0113. The van der Waals surface area contributed by atoms with Crippen LogP contribution in [0.1, 0.15) is 40.0 Å². The summed E-state index contributed by atoms with van der Waals surface area (Å²) in [6.45, 7) is 7.09. The van der Waals surface area contributed by atoms with E-state index < -0.39 is 0 Å². The van der Waals surface area contributed by atoms with Crippen molar-refractivity contribution in [3.8, 4) is 0 Å². The average molecular weight is 305 g/mol. The quantitative estimate of drug-likeness (QED) is 0.614. The number of hydrogen-bond acceptors (Lipinski definition) is 3. The van der Waals surface area contributed by atoms with Crippen molar-refractivity contribution >= 4 is 23.2 Å². The normalized spacial score (nSPS) is 10.4. The van der Waals surface area contributed by atoms with Crippen LogP contribution in [0.15, 0.2) is 24.3 Å². The fourth-order valence-electron chi connectivity index (χ4n) is 1.90. The van der Waals surface area contributed by atoms with Crippen LogP contribution in [0.2, 0.25) is 0 Å². The lowest BCUT2D eigenvalue weighted by Gasteiger charge is -2.10. The molecule has 0 atom stereocenters. The zero-order valence-electron chi connectivity index (χ0n) is 13.7. The van der Waals surface area contributed by atoms with Gasteiger partial charge in [0.05, 0.1) is 6.54 Å². The number of benzene rings is 1. The summed E-state index contributed by atoms with van der Waals surface area (Å²) in [7, 11) is 0. The molecule has 0 fully saturated rings. The summed E-state index contributed by atoms with van der Waals surface area (Å²) in [5.41, 5.74) is 1.62. The molecule has 0 radical (unpaired) electrons. The minimum absolute atomic E-state index is 0.0113. The van der Waals surface area contributed by atoms with Gasteiger partial charge in [0.25, 0.3) is 0 Å². The second kappa shape index (κ2) is 9.82. The average Bonchev–Trinajstić information content (AvgIpc) is 2.46. The van der Waals surface area contributed by atoms with Gasteiger partial charge in [-0.05, 0) is 36.6 Å². The lowest BCUT2D eigenvalue weighted by Crippen LogP contribution is -2.30. The van der Waals surface area contributed by atoms with E-state index in [-0.39, 0.29) is 18.4 Å². The number of amides is 2. The Hall–Kier alpha value is -2.04. The molecular weight excluding hydrogens is 278 g/mol. The Balaban J connectivity index is 2.35. The topological polar surface area (TPSA) is 70.2 Å². The van der Waals surface area contributed by atoms with Crippen LogP contribution in [0, 0.1) is 5.92 Å².